The van der Waals surface area contributed by atoms with E-state index in [0.717, 1.165) is 6.92 Å². The van der Waals surface area contributed by atoms with Crippen molar-refractivity contribution in [2.24, 2.45) is 0 Å². The zero-order valence-electron chi connectivity index (χ0n) is 11.2. The van der Waals surface area contributed by atoms with Gasteiger partial charge in [0.25, 0.3) is 0 Å². The lowest BCUT2D eigenvalue weighted by Gasteiger charge is -2.13. The third kappa shape index (κ3) is 3.27. The van der Waals surface area contributed by atoms with Gasteiger partial charge in [-0.15, -0.1) is 0 Å². The molecule has 0 spiro atoms. The van der Waals surface area contributed by atoms with Crippen molar-refractivity contribution in [3.05, 3.63) is 40.8 Å². The van der Waals surface area contributed by atoms with Gasteiger partial charge in [-0.1, -0.05) is 0 Å². The van der Waals surface area contributed by atoms with Gasteiger partial charge in [0.15, 0.2) is 11.5 Å². The summed E-state index contributed by atoms with van der Waals surface area (Å²) in [6.07, 6.45) is -9.54. The minimum absolute atomic E-state index is 0.0334. The van der Waals surface area contributed by atoms with E-state index in [1.54, 1.807) is 0 Å². The Morgan fingerprint density at radius 1 is 1.13 bits per heavy atom. The minimum atomic E-state index is -5.14. The molecule has 1 N–H and O–H groups in total. The lowest BCUT2D eigenvalue weighted by Crippen LogP contribution is -2.19. The molecule has 0 saturated heterocycles. The summed E-state index contributed by atoms with van der Waals surface area (Å²) < 4.78 is 77.5. The predicted octanol–water partition coefficient (Wildman–Crippen LogP) is 3.31. The first-order chi connectivity index (χ1) is 10.4. The van der Waals surface area contributed by atoms with Crippen molar-refractivity contribution in [3.8, 4) is 5.82 Å². The van der Waals surface area contributed by atoms with E-state index < -0.39 is 41.0 Å². The topological polar surface area (TPSA) is 68.0 Å². The highest BCUT2D eigenvalue weighted by Gasteiger charge is 2.41. The Labute approximate surface area is 124 Å². The van der Waals surface area contributed by atoms with Crippen LogP contribution < -0.4 is 0 Å². The second-order valence-electron chi connectivity index (χ2n) is 4.47. The molecule has 124 valence electrons. The molecule has 11 heteroatoms. The zero-order valence-corrected chi connectivity index (χ0v) is 11.2. The van der Waals surface area contributed by atoms with Crippen molar-refractivity contribution in [2.75, 3.05) is 0 Å². The molecule has 0 fully saturated rings. The summed E-state index contributed by atoms with van der Waals surface area (Å²) in [5.41, 5.74) is -4.32. The summed E-state index contributed by atoms with van der Waals surface area (Å²) >= 11 is 0. The normalized spacial score (nSPS) is 12.5. The van der Waals surface area contributed by atoms with Crippen molar-refractivity contribution >= 4 is 5.97 Å². The van der Waals surface area contributed by atoms with Crippen LogP contribution in [0.4, 0.5) is 26.3 Å². The lowest BCUT2D eigenvalue weighted by atomic mass is 10.2. The van der Waals surface area contributed by atoms with Crippen LogP contribution in [-0.2, 0) is 12.4 Å². The molecule has 0 radical (unpaired) electrons. The van der Waals surface area contributed by atoms with Gasteiger partial charge in [-0.25, -0.2) is 14.5 Å². The largest absolute Gasteiger partial charge is 0.478 e. The van der Waals surface area contributed by atoms with Gasteiger partial charge >= 0.3 is 18.3 Å². The second-order valence-corrected chi connectivity index (χ2v) is 4.47. The predicted molar refractivity (Wildman–Crippen MR) is 63.1 cm³/mol. The molecule has 2 heterocycles. The summed E-state index contributed by atoms with van der Waals surface area (Å²) in [5.74, 6) is -2.69. The lowest BCUT2D eigenvalue weighted by molar-refractivity contribution is -0.143. The average molecular weight is 339 g/mol. The fourth-order valence-corrected chi connectivity index (χ4v) is 1.87. The number of aromatic carboxylic acids is 1. The number of halogens is 6. The summed E-state index contributed by atoms with van der Waals surface area (Å²) in [4.78, 5) is 14.4. The fraction of sp³-hybridized carbons (Fsp3) is 0.250. The van der Waals surface area contributed by atoms with E-state index in [1.165, 1.54) is 0 Å². The monoisotopic (exact) mass is 339 g/mol. The van der Waals surface area contributed by atoms with Crippen LogP contribution in [0, 0.1) is 6.92 Å². The van der Waals surface area contributed by atoms with Crippen LogP contribution in [0.15, 0.2) is 18.3 Å². The Hall–Kier alpha value is -2.59. The first-order valence-electron chi connectivity index (χ1n) is 5.86. The number of rotatable bonds is 2. The van der Waals surface area contributed by atoms with Gasteiger partial charge in [-0.2, -0.15) is 31.4 Å². The van der Waals surface area contributed by atoms with Crippen LogP contribution in [0.2, 0.25) is 0 Å². The first kappa shape index (κ1) is 16.8. The summed E-state index contributed by atoms with van der Waals surface area (Å²) in [6, 6.07) is 1.01. The molecule has 0 unspecified atom stereocenters. The zero-order chi connectivity index (χ0) is 17.6. The van der Waals surface area contributed by atoms with Crippen LogP contribution in [0.25, 0.3) is 5.82 Å². The van der Waals surface area contributed by atoms with E-state index in [4.69, 9.17) is 5.11 Å². The van der Waals surface area contributed by atoms with E-state index >= 15 is 0 Å². The SMILES string of the molecule is Cc1cc(C(F)(F)F)cc(-n2ncc(C(=O)O)c2C(F)(F)F)n1. The maximum absolute atomic E-state index is 13.0. The number of pyridine rings is 1. The Balaban J connectivity index is 2.73. The number of carboxylic acid groups (broad SMARTS) is 1. The van der Waals surface area contributed by atoms with E-state index in [1.807, 2.05) is 0 Å². The number of aryl methyl sites for hydroxylation is 1. The third-order valence-corrected chi connectivity index (χ3v) is 2.75. The highest BCUT2D eigenvalue weighted by Crippen LogP contribution is 2.35. The van der Waals surface area contributed by atoms with Crippen LogP contribution in [0.5, 0.6) is 0 Å². The van der Waals surface area contributed by atoms with Gasteiger partial charge in [0.05, 0.1) is 11.8 Å². The molecule has 0 aliphatic carbocycles. The van der Waals surface area contributed by atoms with Crippen molar-refractivity contribution in [1.82, 2.24) is 14.8 Å². The molecule has 2 rings (SSSR count). The molecule has 5 nitrogen and oxygen atoms in total. The Morgan fingerprint density at radius 3 is 2.22 bits per heavy atom. The summed E-state index contributed by atoms with van der Waals surface area (Å²) in [5, 5.41) is 12.0. The Morgan fingerprint density at radius 2 is 1.74 bits per heavy atom. The molecule has 0 bridgehead atoms. The number of hydrogen-bond donors (Lipinski definition) is 1. The van der Waals surface area contributed by atoms with Gasteiger partial charge in [0, 0.05) is 5.69 Å². The summed E-state index contributed by atoms with van der Waals surface area (Å²) in [7, 11) is 0. The van der Waals surface area contributed by atoms with Crippen LogP contribution in [0.3, 0.4) is 0 Å². The fourth-order valence-electron chi connectivity index (χ4n) is 1.87. The molecule has 0 atom stereocenters. The standard InChI is InChI=1S/C12H7F6N3O2/c1-5-2-6(11(13,14)15)3-8(20-5)21-9(12(16,17)18)7(4-19-21)10(22)23/h2-4H,1H3,(H,22,23). The molecule has 2 aromatic rings. The second kappa shape index (κ2) is 5.25. The summed E-state index contributed by atoms with van der Waals surface area (Å²) in [6.45, 7) is 1.16. The van der Waals surface area contributed by atoms with Crippen molar-refractivity contribution in [1.29, 1.82) is 0 Å². The van der Waals surface area contributed by atoms with Gasteiger partial charge in [-0.3, -0.25) is 0 Å². The third-order valence-electron chi connectivity index (χ3n) is 2.75. The number of hydrogen-bond acceptors (Lipinski definition) is 3. The Kier molecular flexibility index (Phi) is 3.83. The maximum atomic E-state index is 13.0. The van der Waals surface area contributed by atoms with E-state index in [-0.39, 0.29) is 10.4 Å². The molecular weight excluding hydrogens is 332 g/mol. The average Bonchev–Trinajstić information content (AvgIpc) is 2.81. The maximum Gasteiger partial charge on any atom is 0.434 e. The molecule has 0 aromatic carbocycles. The Bertz CT molecular complexity index is 763. The van der Waals surface area contributed by atoms with Crippen LogP contribution >= 0.6 is 0 Å². The molecule has 2 aromatic heterocycles. The number of carbonyl (C=O) groups is 1. The van der Waals surface area contributed by atoms with Crippen molar-refractivity contribution in [2.45, 2.75) is 19.3 Å². The first-order valence-corrected chi connectivity index (χ1v) is 5.86. The van der Waals surface area contributed by atoms with Crippen LogP contribution in [-0.4, -0.2) is 25.8 Å². The number of nitrogens with zero attached hydrogens (tertiary/aromatic N) is 3. The molecule has 0 saturated carbocycles. The smallest absolute Gasteiger partial charge is 0.434 e. The van der Waals surface area contributed by atoms with Gasteiger partial charge in [0.1, 0.15) is 5.56 Å². The van der Waals surface area contributed by atoms with Crippen molar-refractivity contribution in [3.63, 3.8) is 0 Å². The van der Waals surface area contributed by atoms with Crippen molar-refractivity contribution < 1.29 is 36.2 Å². The van der Waals surface area contributed by atoms with Gasteiger partial charge < -0.3 is 5.11 Å². The van der Waals surface area contributed by atoms with E-state index in [2.05, 4.69) is 10.1 Å². The highest BCUT2D eigenvalue weighted by molar-refractivity contribution is 5.89. The number of aromatic nitrogens is 3. The van der Waals surface area contributed by atoms with Crippen LogP contribution in [0.1, 0.15) is 27.3 Å². The quantitative estimate of drug-likeness (QED) is 0.853. The minimum Gasteiger partial charge on any atom is -0.478 e. The van der Waals surface area contributed by atoms with E-state index in [0.29, 0.717) is 18.3 Å². The number of alkyl halides is 6. The van der Waals surface area contributed by atoms with Gasteiger partial charge in [0.2, 0.25) is 0 Å². The van der Waals surface area contributed by atoms with E-state index in [9.17, 15) is 31.1 Å². The highest BCUT2D eigenvalue weighted by atomic mass is 19.4. The molecule has 0 amide bonds. The van der Waals surface area contributed by atoms with Gasteiger partial charge in [-0.05, 0) is 19.1 Å². The molecule has 0 aliphatic rings. The molecule has 0 aliphatic heterocycles. The molecule has 23 heavy (non-hydrogen) atoms. The molecular formula is C12H7F6N3O2. The number of carboxylic acids is 1.